The zero-order chi connectivity index (χ0) is 18.4. The Balaban J connectivity index is 2.52. The summed E-state index contributed by atoms with van der Waals surface area (Å²) in [6.07, 6.45) is -16.6. The Morgan fingerprint density at radius 1 is 0.792 bits per heavy atom. The molecule has 1 fully saturated rings. The highest BCUT2D eigenvalue weighted by Crippen LogP contribution is 2.42. The summed E-state index contributed by atoms with van der Waals surface area (Å²) in [4.78, 5) is 0. The Hall–Kier alpha value is -1.03. The Labute approximate surface area is 133 Å². The predicted octanol–water partition coefficient (Wildman–Crippen LogP) is 4.20. The maximum absolute atomic E-state index is 13.8. The van der Waals surface area contributed by atoms with E-state index < -0.39 is 81.3 Å². The van der Waals surface area contributed by atoms with E-state index in [0.29, 0.717) is 0 Å². The average Bonchev–Trinajstić information content (AvgIpc) is 2.44. The fraction of sp³-hybridized carbons (Fsp3) is 0.455. The minimum absolute atomic E-state index is 1.27. The van der Waals surface area contributed by atoms with Crippen LogP contribution in [0.2, 0.25) is 0 Å². The molecule has 1 radical (unpaired) electrons. The summed E-state index contributed by atoms with van der Waals surface area (Å²) in [5, 5.41) is 0. The molecule has 0 N–H and O–H groups in total. The van der Waals surface area contributed by atoms with Crippen LogP contribution in [-0.2, 0) is 13.8 Å². The highest BCUT2D eigenvalue weighted by Gasteiger charge is 2.48. The smallest absolute Gasteiger partial charge is 0.477 e. The number of benzene rings is 1. The molecular weight excluding hydrogens is 381 g/mol. The first kappa shape index (κ1) is 19.3. The molecule has 1 aromatic carbocycles. The van der Waals surface area contributed by atoms with Crippen LogP contribution in [0.5, 0.6) is 0 Å². The van der Waals surface area contributed by atoms with E-state index in [1.54, 1.807) is 0 Å². The second-order valence-corrected chi connectivity index (χ2v) is 5.40. The Morgan fingerprint density at radius 3 is 1.71 bits per heavy atom. The summed E-state index contributed by atoms with van der Waals surface area (Å²) in [7, 11) is 0. The lowest BCUT2D eigenvalue weighted by Crippen LogP contribution is -2.40. The molecule has 2 atom stereocenters. The Morgan fingerprint density at radius 2 is 1.29 bits per heavy atom. The molecule has 0 spiro atoms. The van der Waals surface area contributed by atoms with E-state index in [2.05, 4.69) is 7.58 Å². The second-order valence-electron chi connectivity index (χ2n) is 4.67. The third-order valence-corrected chi connectivity index (χ3v) is 4.01. The van der Waals surface area contributed by atoms with Gasteiger partial charge in [0.2, 0.25) is 0 Å². The molecule has 1 saturated heterocycles. The molecule has 2 nitrogen and oxygen atoms in total. The first-order chi connectivity index (χ1) is 10.9. The summed E-state index contributed by atoms with van der Waals surface area (Å²) in [5.41, 5.74) is -4.49. The monoisotopic (exact) mass is 385 g/mol. The minimum Gasteiger partial charge on any atom is -0.477 e. The number of hydrogen-bond donors (Lipinski definition) is 0. The molecule has 1 heterocycles. The average molecular weight is 385 g/mol. The first-order valence-corrected chi connectivity index (χ1v) is 6.92. The van der Waals surface area contributed by atoms with Gasteiger partial charge in [-0.05, 0) is 0 Å². The summed E-state index contributed by atoms with van der Waals surface area (Å²) < 4.78 is 138. The molecule has 0 aliphatic carbocycles. The Bertz CT molecular complexity index is 612. The number of rotatable bonds is 1. The van der Waals surface area contributed by atoms with Crippen LogP contribution in [0.15, 0.2) is 0 Å². The zero-order valence-electron chi connectivity index (χ0n) is 11.0. The lowest BCUT2D eigenvalue weighted by atomic mass is 9.99. The Kier molecular flexibility index (Phi) is 5.12. The van der Waals surface area contributed by atoms with E-state index in [9.17, 15) is 43.9 Å². The molecule has 1 aliphatic heterocycles. The van der Waals surface area contributed by atoms with E-state index in [1.807, 2.05) is 0 Å². The fourth-order valence-corrected chi connectivity index (χ4v) is 2.89. The highest BCUT2D eigenvalue weighted by molar-refractivity contribution is 6.18. The molecule has 1 aromatic rings. The van der Waals surface area contributed by atoms with Gasteiger partial charge in [-0.25, -0.2) is 17.6 Å². The SMILES string of the molecule is Fc1c(F)c(C(F)(F)F)c(F)c(F)c1C1CC(C(F)(F)F)[O][Al][O]1. The standard InChI is InChI=1S/C11H4F10O2.Al/c12-6-4(2(22)1-3(23)10(16,17)18)7(13)9(15)5(8(6)14)11(19,20)21;/h2-3H,1H2;/q-2;+2. The van der Waals surface area contributed by atoms with Gasteiger partial charge in [0.25, 0.3) is 0 Å². The van der Waals surface area contributed by atoms with Crippen LogP contribution in [0.25, 0.3) is 0 Å². The second kappa shape index (κ2) is 6.36. The third-order valence-electron chi connectivity index (χ3n) is 3.14. The maximum atomic E-state index is 13.8. The van der Waals surface area contributed by atoms with Crippen molar-refractivity contribution in [1.82, 2.24) is 0 Å². The lowest BCUT2D eigenvalue weighted by Gasteiger charge is -2.32. The predicted molar refractivity (Wildman–Crippen MR) is 56.4 cm³/mol. The molecular formula is C11H4AlF10O2. The van der Waals surface area contributed by atoms with Crippen LogP contribution in [0.4, 0.5) is 43.9 Å². The largest absolute Gasteiger partial charge is 0.669 e. The van der Waals surface area contributed by atoms with Gasteiger partial charge in [0, 0.05) is 6.42 Å². The van der Waals surface area contributed by atoms with Crippen LogP contribution >= 0.6 is 0 Å². The summed E-state index contributed by atoms with van der Waals surface area (Å²) in [5.74, 6) is -10.4. The number of alkyl halides is 6. The van der Waals surface area contributed by atoms with E-state index in [4.69, 9.17) is 0 Å². The van der Waals surface area contributed by atoms with Gasteiger partial charge in [0.05, 0.1) is 11.7 Å². The van der Waals surface area contributed by atoms with Gasteiger partial charge in [0.1, 0.15) is 11.7 Å². The maximum Gasteiger partial charge on any atom is 0.669 e. The van der Waals surface area contributed by atoms with Crippen molar-refractivity contribution in [2.45, 2.75) is 31.0 Å². The van der Waals surface area contributed by atoms with Gasteiger partial charge in [0.15, 0.2) is 23.3 Å². The van der Waals surface area contributed by atoms with Crippen molar-refractivity contribution in [2.75, 3.05) is 0 Å². The van der Waals surface area contributed by atoms with Crippen molar-refractivity contribution >= 4 is 15.9 Å². The summed E-state index contributed by atoms with van der Waals surface area (Å²) in [6.45, 7) is 0. The van der Waals surface area contributed by atoms with E-state index >= 15 is 0 Å². The van der Waals surface area contributed by atoms with Gasteiger partial charge in [-0.15, -0.1) is 0 Å². The third kappa shape index (κ3) is 3.49. The van der Waals surface area contributed by atoms with Crippen LogP contribution in [0, 0.1) is 23.3 Å². The van der Waals surface area contributed by atoms with Crippen molar-refractivity contribution in [3.8, 4) is 0 Å². The normalized spacial score (nSPS) is 22.4. The first-order valence-electron chi connectivity index (χ1n) is 5.98. The quantitative estimate of drug-likeness (QED) is 0.410. The molecule has 133 valence electrons. The van der Waals surface area contributed by atoms with Gasteiger partial charge in [-0.2, -0.15) is 26.3 Å². The van der Waals surface area contributed by atoms with E-state index in [0.717, 1.165) is 0 Å². The molecule has 13 heteroatoms. The van der Waals surface area contributed by atoms with Gasteiger partial charge in [-0.1, -0.05) is 0 Å². The van der Waals surface area contributed by atoms with E-state index in [-0.39, 0.29) is 0 Å². The molecule has 0 amide bonds. The fourth-order valence-electron chi connectivity index (χ4n) is 2.05. The molecule has 0 aromatic heterocycles. The van der Waals surface area contributed by atoms with Crippen molar-refractivity contribution in [3.05, 3.63) is 34.4 Å². The van der Waals surface area contributed by atoms with Crippen molar-refractivity contribution in [1.29, 1.82) is 0 Å². The number of hydrogen-bond acceptors (Lipinski definition) is 2. The van der Waals surface area contributed by atoms with Gasteiger partial charge < -0.3 is 7.58 Å². The van der Waals surface area contributed by atoms with Crippen LogP contribution < -0.4 is 0 Å². The summed E-state index contributed by atoms with van der Waals surface area (Å²) in [6, 6.07) is 0. The molecule has 24 heavy (non-hydrogen) atoms. The molecule has 2 rings (SSSR count). The molecule has 0 bridgehead atoms. The van der Waals surface area contributed by atoms with Gasteiger partial charge in [-0.3, -0.25) is 0 Å². The van der Waals surface area contributed by atoms with Crippen LogP contribution in [0.1, 0.15) is 23.7 Å². The van der Waals surface area contributed by atoms with Crippen LogP contribution in [-0.4, -0.2) is 28.2 Å². The molecule has 0 saturated carbocycles. The van der Waals surface area contributed by atoms with Crippen molar-refractivity contribution in [3.63, 3.8) is 0 Å². The molecule has 1 aliphatic rings. The zero-order valence-corrected chi connectivity index (χ0v) is 12.2. The van der Waals surface area contributed by atoms with E-state index in [1.165, 1.54) is 0 Å². The van der Waals surface area contributed by atoms with Gasteiger partial charge >= 0.3 is 28.2 Å². The van der Waals surface area contributed by atoms with Crippen molar-refractivity contribution < 1.29 is 51.5 Å². The topological polar surface area (TPSA) is 18.5 Å². The molecule has 2 unspecified atom stereocenters. The van der Waals surface area contributed by atoms with Crippen molar-refractivity contribution in [2.24, 2.45) is 0 Å². The number of halogens is 10. The summed E-state index contributed by atoms with van der Waals surface area (Å²) >= 11 is -1.91. The lowest BCUT2D eigenvalue weighted by molar-refractivity contribution is -0.214. The minimum atomic E-state index is -5.75. The highest BCUT2D eigenvalue weighted by atomic mass is 27.2. The van der Waals surface area contributed by atoms with Crippen LogP contribution in [0.3, 0.4) is 0 Å².